The molecular weight excluding hydrogens is 333 g/mol. The quantitative estimate of drug-likeness (QED) is 0.350. The van der Waals surface area contributed by atoms with E-state index in [0.29, 0.717) is 24.3 Å². The Morgan fingerprint density at radius 3 is 2.21 bits per heavy atom. The van der Waals surface area contributed by atoms with E-state index in [1.54, 1.807) is 33.0 Å². The summed E-state index contributed by atoms with van der Waals surface area (Å²) in [6.45, 7) is 4.47. The van der Waals surface area contributed by atoms with Gasteiger partial charge in [-0.05, 0) is 19.9 Å². The van der Waals surface area contributed by atoms with Crippen molar-refractivity contribution in [3.8, 4) is 0 Å². The maximum absolute atomic E-state index is 10.9. The lowest BCUT2D eigenvalue weighted by Gasteiger charge is -2.09. The van der Waals surface area contributed by atoms with Crippen LogP contribution in [0.2, 0.25) is 0 Å². The van der Waals surface area contributed by atoms with Gasteiger partial charge in [-0.1, -0.05) is 18.2 Å². The Morgan fingerprint density at radius 2 is 1.75 bits per heavy atom. The average molecular weight is 355 g/mol. The van der Waals surface area contributed by atoms with Gasteiger partial charge in [0.2, 0.25) is 0 Å². The minimum atomic E-state index is -2.14. The molecule has 0 bridgehead atoms. The van der Waals surface area contributed by atoms with Crippen LogP contribution in [0, 0.1) is 10.1 Å². The summed E-state index contributed by atoms with van der Waals surface area (Å²) in [5, 5.41) is 15.2. The third kappa shape index (κ3) is 5.19. The zero-order valence-corrected chi connectivity index (χ0v) is 14.9. The zero-order valence-electron chi connectivity index (χ0n) is 13.9. The van der Waals surface area contributed by atoms with Crippen molar-refractivity contribution in [2.24, 2.45) is 0 Å². The normalized spacial score (nSPS) is 10.3. The molecule has 0 radical (unpaired) electrons. The number of nitro groups is 1. The molecular formula is C15H22N3O5P. The number of non-ortho nitro benzene ring substituents is 1. The van der Waals surface area contributed by atoms with Crippen molar-refractivity contribution in [1.29, 1.82) is 0 Å². The Bertz CT molecular complexity index is 716. The van der Waals surface area contributed by atoms with Crippen LogP contribution in [0.4, 0.5) is 17.1 Å². The van der Waals surface area contributed by atoms with Gasteiger partial charge < -0.3 is 20.1 Å². The molecule has 0 aliphatic carbocycles. The predicted molar refractivity (Wildman–Crippen MR) is 96.8 cm³/mol. The summed E-state index contributed by atoms with van der Waals surface area (Å²) < 4.78 is 19.6. The van der Waals surface area contributed by atoms with Gasteiger partial charge in [-0.25, -0.2) is 0 Å². The molecule has 0 unspecified atom stereocenters. The highest BCUT2D eigenvalue weighted by Gasteiger charge is 2.16. The first-order chi connectivity index (χ1) is 11.5. The van der Waals surface area contributed by atoms with Crippen LogP contribution < -0.4 is 11.1 Å². The molecule has 0 aliphatic rings. The molecule has 0 amide bonds. The summed E-state index contributed by atoms with van der Waals surface area (Å²) >= 11 is 0. The standard InChI is InChI=1S/C11H11N3O2.C4H11O3P/c1-13-11-8-5-3-2-4-7(8)10(14(15)16)6-9(11)12;1-3-6-8(5)7-4-2/h2-6,13H,12H2,1H3;8H,3-4H2,1-2H3. The molecule has 2 rings (SSSR count). The maximum atomic E-state index is 10.9. The summed E-state index contributed by atoms with van der Waals surface area (Å²) in [6.07, 6.45) is 0. The minimum absolute atomic E-state index is 0.0344. The SMILES string of the molecule is CCO[PH](=O)OCC.CNc1c(N)cc([N+](=O)[O-])c2ccccc12. The van der Waals surface area contributed by atoms with E-state index in [2.05, 4.69) is 14.4 Å². The number of anilines is 2. The molecule has 132 valence electrons. The van der Waals surface area contributed by atoms with E-state index in [4.69, 9.17) is 5.73 Å². The van der Waals surface area contributed by atoms with E-state index in [1.807, 2.05) is 12.1 Å². The van der Waals surface area contributed by atoms with Gasteiger partial charge in [0.1, 0.15) is 0 Å². The second kappa shape index (κ2) is 9.87. The molecule has 0 heterocycles. The third-order valence-corrected chi connectivity index (χ3v) is 4.07. The van der Waals surface area contributed by atoms with Gasteiger partial charge in [0.15, 0.2) is 0 Å². The zero-order chi connectivity index (χ0) is 18.1. The maximum Gasteiger partial charge on any atom is 0.319 e. The van der Waals surface area contributed by atoms with Crippen molar-refractivity contribution in [3.63, 3.8) is 0 Å². The molecule has 9 heteroatoms. The predicted octanol–water partition coefficient (Wildman–Crippen LogP) is 3.82. The molecule has 0 saturated heterocycles. The van der Waals surface area contributed by atoms with Crippen molar-refractivity contribution in [3.05, 3.63) is 40.4 Å². The van der Waals surface area contributed by atoms with Crippen LogP contribution in [-0.2, 0) is 13.6 Å². The Hall–Kier alpha value is -2.15. The number of nitrogens with zero attached hydrogens (tertiary/aromatic N) is 1. The Morgan fingerprint density at radius 1 is 1.21 bits per heavy atom. The van der Waals surface area contributed by atoms with E-state index in [0.717, 1.165) is 11.1 Å². The van der Waals surface area contributed by atoms with Gasteiger partial charge >= 0.3 is 8.25 Å². The molecule has 0 aromatic heterocycles. The van der Waals surface area contributed by atoms with Crippen LogP contribution >= 0.6 is 8.25 Å². The smallest absolute Gasteiger partial charge is 0.319 e. The van der Waals surface area contributed by atoms with Crippen LogP contribution in [-0.4, -0.2) is 25.2 Å². The summed E-state index contributed by atoms with van der Waals surface area (Å²) in [5.74, 6) is 0. The van der Waals surface area contributed by atoms with Gasteiger partial charge in [0, 0.05) is 18.5 Å². The highest BCUT2D eigenvalue weighted by molar-refractivity contribution is 7.33. The largest absolute Gasteiger partial charge is 0.397 e. The highest BCUT2D eigenvalue weighted by atomic mass is 31.1. The van der Waals surface area contributed by atoms with Crippen molar-refractivity contribution >= 4 is 36.1 Å². The molecule has 2 aromatic rings. The van der Waals surface area contributed by atoms with Crippen LogP contribution in [0.15, 0.2) is 30.3 Å². The first kappa shape index (κ1) is 19.9. The van der Waals surface area contributed by atoms with Crippen LogP contribution in [0.1, 0.15) is 13.8 Å². The number of nitrogen functional groups attached to an aromatic ring is 1. The molecule has 24 heavy (non-hydrogen) atoms. The van der Waals surface area contributed by atoms with Crippen molar-refractivity contribution in [2.75, 3.05) is 31.3 Å². The van der Waals surface area contributed by atoms with Crippen LogP contribution in [0.25, 0.3) is 10.8 Å². The Labute approximate surface area is 141 Å². The van der Waals surface area contributed by atoms with Gasteiger partial charge in [0.25, 0.3) is 5.69 Å². The Kier molecular flexibility index (Phi) is 8.18. The number of hydrogen-bond acceptors (Lipinski definition) is 7. The van der Waals surface area contributed by atoms with Gasteiger partial charge in [0.05, 0.1) is 34.9 Å². The second-order valence-electron chi connectivity index (χ2n) is 4.53. The Balaban J connectivity index is 0.000000307. The summed E-state index contributed by atoms with van der Waals surface area (Å²) in [7, 11) is -0.401. The summed E-state index contributed by atoms with van der Waals surface area (Å²) in [4.78, 5) is 10.5. The van der Waals surface area contributed by atoms with Crippen LogP contribution in [0.3, 0.4) is 0 Å². The topological polar surface area (TPSA) is 117 Å². The number of rotatable bonds is 6. The fourth-order valence-electron chi connectivity index (χ4n) is 2.08. The monoisotopic (exact) mass is 355 g/mol. The highest BCUT2D eigenvalue weighted by Crippen LogP contribution is 2.35. The van der Waals surface area contributed by atoms with Crippen LogP contribution in [0.5, 0.6) is 0 Å². The molecule has 8 nitrogen and oxygen atoms in total. The van der Waals surface area contributed by atoms with Crippen molar-refractivity contribution < 1.29 is 18.5 Å². The number of nitrogens with one attached hydrogen (secondary N) is 1. The van der Waals surface area contributed by atoms with E-state index in [-0.39, 0.29) is 5.69 Å². The first-order valence-corrected chi connectivity index (χ1v) is 8.61. The molecule has 0 aliphatic heterocycles. The van der Waals surface area contributed by atoms with Gasteiger partial charge in [-0.15, -0.1) is 0 Å². The molecule has 0 fully saturated rings. The third-order valence-electron chi connectivity index (χ3n) is 3.02. The molecule has 2 aromatic carbocycles. The molecule has 0 atom stereocenters. The van der Waals surface area contributed by atoms with E-state index < -0.39 is 13.2 Å². The number of fused-ring (bicyclic) bond motifs is 1. The minimum Gasteiger partial charge on any atom is -0.397 e. The summed E-state index contributed by atoms with van der Waals surface area (Å²) in [5.41, 5.74) is 6.91. The van der Waals surface area contributed by atoms with Gasteiger partial charge in [-0.3, -0.25) is 14.7 Å². The van der Waals surface area contributed by atoms with Crippen molar-refractivity contribution in [2.45, 2.75) is 13.8 Å². The lowest BCUT2D eigenvalue weighted by atomic mass is 10.1. The lowest BCUT2D eigenvalue weighted by Crippen LogP contribution is -1.99. The number of nitro benzene ring substituents is 1. The number of benzene rings is 2. The lowest BCUT2D eigenvalue weighted by molar-refractivity contribution is -0.383. The number of nitrogens with two attached hydrogens (primary N) is 1. The number of hydrogen-bond donors (Lipinski definition) is 2. The molecule has 3 N–H and O–H groups in total. The molecule has 0 spiro atoms. The summed E-state index contributed by atoms with van der Waals surface area (Å²) in [6, 6.07) is 8.50. The second-order valence-corrected chi connectivity index (χ2v) is 5.61. The fraction of sp³-hybridized carbons (Fsp3) is 0.333. The average Bonchev–Trinajstić information content (AvgIpc) is 2.55. The molecule has 0 saturated carbocycles. The first-order valence-electron chi connectivity index (χ1n) is 7.39. The van der Waals surface area contributed by atoms with Gasteiger partial charge in [-0.2, -0.15) is 0 Å². The fourth-order valence-corrected chi connectivity index (χ4v) is 2.64. The van der Waals surface area contributed by atoms with E-state index in [1.165, 1.54) is 6.07 Å². The van der Waals surface area contributed by atoms with Crippen molar-refractivity contribution in [1.82, 2.24) is 0 Å². The van der Waals surface area contributed by atoms with E-state index >= 15 is 0 Å². The van der Waals surface area contributed by atoms with E-state index in [9.17, 15) is 14.7 Å².